The minimum Gasteiger partial charge on any atom is -0.366 e. The Bertz CT molecular complexity index is 964. The van der Waals surface area contributed by atoms with Crippen LogP contribution in [-0.2, 0) is 4.79 Å². The lowest BCUT2D eigenvalue weighted by molar-refractivity contribution is -0.123. The van der Waals surface area contributed by atoms with Crippen molar-refractivity contribution in [1.82, 2.24) is 4.90 Å². The average molecular weight is 445 g/mol. The molecule has 0 saturated heterocycles. The van der Waals surface area contributed by atoms with E-state index in [2.05, 4.69) is 10.6 Å². The third-order valence-corrected chi connectivity index (χ3v) is 5.76. The summed E-state index contributed by atoms with van der Waals surface area (Å²) >= 11 is 5.87. The number of hydrogen-bond donors (Lipinski definition) is 3. The number of amides is 2. The van der Waals surface area contributed by atoms with Gasteiger partial charge in [-0.15, -0.1) is 0 Å². The molecular weight excluding hydrogens is 419 g/mol. The van der Waals surface area contributed by atoms with Crippen LogP contribution in [0.1, 0.15) is 29.6 Å². The van der Waals surface area contributed by atoms with Gasteiger partial charge in [-0.05, 0) is 55.7 Å². The Hall–Kier alpha value is -2.93. The van der Waals surface area contributed by atoms with E-state index in [-0.39, 0.29) is 17.9 Å². The molecule has 0 heterocycles. The molecule has 31 heavy (non-hydrogen) atoms. The number of alkyl halides is 1. The first-order valence-corrected chi connectivity index (χ1v) is 10.5. The normalized spacial score (nSPS) is 20.6. The fraction of sp³-hybridized carbons (Fsp3) is 0.348. The Balaban J connectivity index is 1.67. The third kappa shape index (κ3) is 5.61. The number of halogens is 2. The maximum atomic E-state index is 14.8. The van der Waals surface area contributed by atoms with Gasteiger partial charge in [-0.25, -0.2) is 4.39 Å². The van der Waals surface area contributed by atoms with Gasteiger partial charge in [-0.1, -0.05) is 23.7 Å². The van der Waals surface area contributed by atoms with Crippen molar-refractivity contribution in [2.75, 3.05) is 24.7 Å². The summed E-state index contributed by atoms with van der Waals surface area (Å²) < 4.78 is 14.8. The van der Waals surface area contributed by atoms with E-state index in [0.717, 1.165) is 0 Å². The Morgan fingerprint density at radius 2 is 1.74 bits per heavy atom. The van der Waals surface area contributed by atoms with Gasteiger partial charge in [0.1, 0.15) is 6.17 Å². The second-order valence-corrected chi connectivity index (χ2v) is 8.34. The van der Waals surface area contributed by atoms with E-state index < -0.39 is 23.9 Å². The Morgan fingerprint density at radius 1 is 1.06 bits per heavy atom. The number of nitrogens with one attached hydrogen (secondary N) is 3. The molecule has 1 aliphatic rings. The number of carbonyl (C=O) groups excluding carboxylic acids is 2. The van der Waals surface area contributed by atoms with Crippen LogP contribution >= 0.6 is 11.6 Å². The summed E-state index contributed by atoms with van der Waals surface area (Å²) in [6.45, 7) is 0. The summed E-state index contributed by atoms with van der Waals surface area (Å²) in [5, 5.41) is 14.1. The quantitative estimate of drug-likeness (QED) is 0.456. The molecule has 0 bridgehead atoms. The van der Waals surface area contributed by atoms with Crippen molar-refractivity contribution >= 4 is 40.6 Å². The summed E-state index contributed by atoms with van der Waals surface area (Å²) in [7, 11) is 3.53. The second-order valence-electron chi connectivity index (χ2n) is 7.91. The fourth-order valence-electron chi connectivity index (χ4n) is 3.77. The van der Waals surface area contributed by atoms with Crippen LogP contribution in [0.3, 0.4) is 0 Å². The number of anilines is 2. The number of para-hydroxylation sites is 1. The van der Waals surface area contributed by atoms with Crippen LogP contribution < -0.4 is 10.6 Å². The van der Waals surface area contributed by atoms with E-state index in [0.29, 0.717) is 35.1 Å². The molecule has 1 fully saturated rings. The molecule has 164 valence electrons. The lowest BCUT2D eigenvalue weighted by atomic mass is 9.79. The predicted octanol–water partition coefficient (Wildman–Crippen LogP) is 4.82. The van der Waals surface area contributed by atoms with Crippen molar-refractivity contribution in [3.63, 3.8) is 0 Å². The molecular formula is C23H26ClFN4O2. The number of rotatable bonds is 5. The predicted molar refractivity (Wildman–Crippen MR) is 122 cm³/mol. The molecule has 6 nitrogen and oxygen atoms in total. The Kier molecular flexibility index (Phi) is 7.28. The lowest BCUT2D eigenvalue weighted by Gasteiger charge is -2.33. The van der Waals surface area contributed by atoms with Crippen molar-refractivity contribution in [3.8, 4) is 0 Å². The Morgan fingerprint density at radius 3 is 2.39 bits per heavy atom. The zero-order valence-electron chi connectivity index (χ0n) is 17.5. The number of amidine groups is 1. The van der Waals surface area contributed by atoms with Gasteiger partial charge < -0.3 is 15.5 Å². The standard InChI is InChI=1S/C23H26ClFN4O2/c1-29(2)21(26)14-7-12-17(19(25)13-14)22(30)28-20-6-4-3-5-18(20)23(31)27-16-10-8-15(24)9-11-16/h3-6,8-11,14,17,19,26H,7,12-13H2,1-2H3,(H,27,31)(H,28,30). The monoisotopic (exact) mass is 444 g/mol. The van der Waals surface area contributed by atoms with Gasteiger partial charge in [0.2, 0.25) is 5.91 Å². The minimum absolute atomic E-state index is 0.147. The molecule has 0 aliphatic heterocycles. The van der Waals surface area contributed by atoms with Gasteiger partial charge in [0.15, 0.2) is 0 Å². The van der Waals surface area contributed by atoms with Crippen molar-refractivity contribution in [3.05, 3.63) is 59.1 Å². The van der Waals surface area contributed by atoms with E-state index in [1.165, 1.54) is 0 Å². The summed E-state index contributed by atoms with van der Waals surface area (Å²) in [4.78, 5) is 27.2. The van der Waals surface area contributed by atoms with Crippen molar-refractivity contribution in [2.24, 2.45) is 11.8 Å². The summed E-state index contributed by atoms with van der Waals surface area (Å²) in [5.74, 6) is -1.46. The SMILES string of the molecule is CN(C)C(=N)C1CCC(C(=O)Nc2ccccc2C(=O)Nc2ccc(Cl)cc2)C(F)C1. The average Bonchev–Trinajstić information content (AvgIpc) is 2.74. The first kappa shape index (κ1) is 22.7. The zero-order valence-corrected chi connectivity index (χ0v) is 18.2. The van der Waals surface area contributed by atoms with Gasteiger partial charge in [-0.2, -0.15) is 0 Å². The molecule has 0 spiro atoms. The topological polar surface area (TPSA) is 85.3 Å². The highest BCUT2D eigenvalue weighted by Crippen LogP contribution is 2.33. The molecule has 2 amide bonds. The summed E-state index contributed by atoms with van der Waals surface area (Å²) in [6.07, 6.45) is -0.260. The fourth-order valence-corrected chi connectivity index (χ4v) is 3.90. The highest BCUT2D eigenvalue weighted by molar-refractivity contribution is 6.30. The molecule has 3 rings (SSSR count). The largest absolute Gasteiger partial charge is 0.366 e. The summed E-state index contributed by atoms with van der Waals surface area (Å²) in [6, 6.07) is 13.3. The van der Waals surface area contributed by atoms with E-state index in [1.807, 2.05) is 0 Å². The third-order valence-electron chi connectivity index (χ3n) is 5.51. The van der Waals surface area contributed by atoms with Crippen LogP contribution in [0.5, 0.6) is 0 Å². The van der Waals surface area contributed by atoms with E-state index in [9.17, 15) is 14.0 Å². The minimum atomic E-state index is -1.34. The summed E-state index contributed by atoms with van der Waals surface area (Å²) in [5.41, 5.74) is 1.18. The lowest BCUT2D eigenvalue weighted by Crippen LogP contribution is -2.40. The van der Waals surface area contributed by atoms with Crippen molar-refractivity contribution in [2.45, 2.75) is 25.4 Å². The van der Waals surface area contributed by atoms with E-state index in [1.54, 1.807) is 67.5 Å². The second kappa shape index (κ2) is 9.92. The molecule has 0 radical (unpaired) electrons. The first-order chi connectivity index (χ1) is 14.8. The van der Waals surface area contributed by atoms with E-state index in [4.69, 9.17) is 17.0 Å². The molecule has 3 unspecified atom stereocenters. The Labute approximate surface area is 186 Å². The number of nitrogens with zero attached hydrogens (tertiary/aromatic N) is 1. The van der Waals surface area contributed by atoms with Gasteiger partial charge in [-0.3, -0.25) is 15.0 Å². The molecule has 3 N–H and O–H groups in total. The van der Waals surface area contributed by atoms with Gasteiger partial charge >= 0.3 is 0 Å². The number of hydrogen-bond acceptors (Lipinski definition) is 3. The molecule has 2 aromatic carbocycles. The maximum Gasteiger partial charge on any atom is 0.257 e. The van der Waals surface area contributed by atoms with Crippen LogP contribution in [0.4, 0.5) is 15.8 Å². The molecule has 1 saturated carbocycles. The molecule has 2 aromatic rings. The highest BCUT2D eigenvalue weighted by Gasteiger charge is 2.37. The van der Waals surface area contributed by atoms with Gasteiger partial charge in [0.05, 0.1) is 23.0 Å². The maximum absolute atomic E-state index is 14.8. The van der Waals surface area contributed by atoms with Gasteiger partial charge in [0, 0.05) is 30.7 Å². The van der Waals surface area contributed by atoms with Crippen molar-refractivity contribution < 1.29 is 14.0 Å². The smallest absolute Gasteiger partial charge is 0.257 e. The molecule has 3 atom stereocenters. The molecule has 8 heteroatoms. The molecule has 1 aliphatic carbocycles. The zero-order chi connectivity index (χ0) is 22.5. The highest BCUT2D eigenvalue weighted by atomic mass is 35.5. The number of benzene rings is 2. The van der Waals surface area contributed by atoms with Crippen LogP contribution in [0.2, 0.25) is 5.02 Å². The van der Waals surface area contributed by atoms with Crippen LogP contribution in [0.15, 0.2) is 48.5 Å². The van der Waals surface area contributed by atoms with Crippen LogP contribution in [0, 0.1) is 17.2 Å². The van der Waals surface area contributed by atoms with E-state index >= 15 is 0 Å². The van der Waals surface area contributed by atoms with Gasteiger partial charge in [0.25, 0.3) is 5.91 Å². The van der Waals surface area contributed by atoms with Crippen molar-refractivity contribution in [1.29, 1.82) is 5.41 Å². The number of carbonyl (C=O) groups is 2. The van der Waals surface area contributed by atoms with Crippen LogP contribution in [-0.4, -0.2) is 42.8 Å². The van der Waals surface area contributed by atoms with Crippen LogP contribution in [0.25, 0.3) is 0 Å². The molecule has 0 aromatic heterocycles. The first-order valence-electron chi connectivity index (χ1n) is 10.1.